The Morgan fingerprint density at radius 2 is 1.79 bits per heavy atom. The molecular formula is C16H23ClO2. The van der Waals surface area contributed by atoms with Crippen LogP contribution in [0.4, 0.5) is 0 Å². The molecule has 19 heavy (non-hydrogen) atoms. The molecule has 1 N–H and O–H groups in total. The molecular weight excluding hydrogens is 260 g/mol. The van der Waals surface area contributed by atoms with Gasteiger partial charge in [-0.3, -0.25) is 4.79 Å². The van der Waals surface area contributed by atoms with Crippen LogP contribution in [0.25, 0.3) is 0 Å². The first kappa shape index (κ1) is 16.0. The maximum Gasteiger partial charge on any atom is 0.167 e. The van der Waals surface area contributed by atoms with Gasteiger partial charge in [0, 0.05) is 6.42 Å². The maximum atomic E-state index is 12.3. The Hall–Kier alpha value is -1.02. The fraction of sp³-hybridized carbons (Fsp3) is 0.562. The Labute approximate surface area is 120 Å². The molecule has 0 bridgehead atoms. The normalized spacial score (nSPS) is 12.5. The third kappa shape index (κ3) is 4.87. The molecule has 0 unspecified atom stereocenters. The summed E-state index contributed by atoms with van der Waals surface area (Å²) < 4.78 is 0. The number of ketones is 1. The van der Waals surface area contributed by atoms with Crippen LogP contribution in [-0.4, -0.2) is 10.9 Å². The summed E-state index contributed by atoms with van der Waals surface area (Å²) in [6.07, 6.45) is 1.34. The minimum absolute atomic E-state index is 0.0609. The van der Waals surface area contributed by atoms with E-state index in [9.17, 15) is 9.90 Å². The number of Topliss-reactive ketones (excluding diaryl/α,β-unsaturated/α-hetero) is 1. The van der Waals surface area contributed by atoms with Crippen LogP contribution in [0.3, 0.4) is 0 Å². The average molecular weight is 283 g/mol. The molecule has 106 valence electrons. The Bertz CT molecular complexity index is 470. The lowest BCUT2D eigenvalue weighted by atomic mass is 9.73. The average Bonchev–Trinajstić information content (AvgIpc) is 2.17. The second kappa shape index (κ2) is 5.54. The van der Waals surface area contributed by atoms with Gasteiger partial charge in [-0.2, -0.15) is 0 Å². The van der Waals surface area contributed by atoms with E-state index >= 15 is 0 Å². The largest absolute Gasteiger partial charge is 0.506 e. The number of carbonyl (C=O) groups is 1. The van der Waals surface area contributed by atoms with Crippen molar-refractivity contribution in [1.29, 1.82) is 0 Å². The number of carbonyl (C=O) groups excluding carboxylic acids is 1. The van der Waals surface area contributed by atoms with Gasteiger partial charge in [0.05, 0.1) is 10.6 Å². The zero-order valence-corrected chi connectivity index (χ0v) is 13.1. The summed E-state index contributed by atoms with van der Waals surface area (Å²) in [6, 6.07) is 4.89. The van der Waals surface area contributed by atoms with E-state index in [-0.39, 0.29) is 27.4 Å². The van der Waals surface area contributed by atoms with Crippen LogP contribution in [0.15, 0.2) is 18.2 Å². The van der Waals surface area contributed by atoms with Crippen molar-refractivity contribution >= 4 is 17.4 Å². The molecule has 0 atom stereocenters. The summed E-state index contributed by atoms with van der Waals surface area (Å²) >= 11 is 5.83. The van der Waals surface area contributed by atoms with E-state index in [0.717, 1.165) is 6.42 Å². The van der Waals surface area contributed by atoms with Gasteiger partial charge in [-0.25, -0.2) is 0 Å². The Morgan fingerprint density at radius 1 is 1.21 bits per heavy atom. The van der Waals surface area contributed by atoms with Gasteiger partial charge in [-0.15, -0.1) is 0 Å². The number of phenols is 1. The predicted molar refractivity (Wildman–Crippen MR) is 79.9 cm³/mol. The predicted octanol–water partition coefficient (Wildman–Crippen LogP) is 5.08. The fourth-order valence-corrected chi connectivity index (χ4v) is 2.94. The van der Waals surface area contributed by atoms with Gasteiger partial charge in [-0.1, -0.05) is 52.3 Å². The zero-order valence-electron chi connectivity index (χ0n) is 12.4. The van der Waals surface area contributed by atoms with Crippen molar-refractivity contribution in [2.45, 2.75) is 47.5 Å². The number of halogens is 1. The highest BCUT2D eigenvalue weighted by Gasteiger charge is 2.29. The molecule has 2 nitrogen and oxygen atoms in total. The Balaban J connectivity index is 2.88. The van der Waals surface area contributed by atoms with Crippen molar-refractivity contribution in [1.82, 2.24) is 0 Å². The molecule has 0 fully saturated rings. The molecule has 0 aliphatic carbocycles. The Kier molecular flexibility index (Phi) is 4.67. The number of rotatable bonds is 4. The number of phenolic OH excluding ortho intramolecular Hbond substituents is 1. The first-order valence-corrected chi connectivity index (χ1v) is 6.90. The minimum atomic E-state index is -0.110. The molecule has 0 saturated carbocycles. The summed E-state index contributed by atoms with van der Waals surface area (Å²) in [5.74, 6) is -0.171. The van der Waals surface area contributed by atoms with Crippen molar-refractivity contribution in [2.75, 3.05) is 0 Å². The van der Waals surface area contributed by atoms with Gasteiger partial charge < -0.3 is 5.11 Å². The molecule has 0 saturated heterocycles. The smallest absolute Gasteiger partial charge is 0.167 e. The maximum absolute atomic E-state index is 12.3. The molecule has 0 amide bonds. The lowest BCUT2D eigenvalue weighted by Crippen LogP contribution is -2.24. The van der Waals surface area contributed by atoms with Gasteiger partial charge in [-0.05, 0) is 29.4 Å². The number of para-hydroxylation sites is 1. The van der Waals surface area contributed by atoms with Crippen LogP contribution in [-0.2, 0) is 0 Å². The fourth-order valence-electron chi connectivity index (χ4n) is 2.77. The first-order chi connectivity index (χ1) is 8.52. The van der Waals surface area contributed by atoms with Crippen molar-refractivity contribution in [3.05, 3.63) is 28.8 Å². The van der Waals surface area contributed by atoms with Gasteiger partial charge in [0.2, 0.25) is 0 Å². The molecule has 0 radical (unpaired) electrons. The summed E-state index contributed by atoms with van der Waals surface area (Å²) in [7, 11) is 0. The monoisotopic (exact) mass is 282 g/mol. The molecule has 1 aromatic carbocycles. The van der Waals surface area contributed by atoms with E-state index in [1.807, 2.05) is 0 Å². The van der Waals surface area contributed by atoms with E-state index in [2.05, 4.69) is 34.6 Å². The molecule has 0 aromatic heterocycles. The zero-order chi connectivity index (χ0) is 14.8. The van der Waals surface area contributed by atoms with Crippen LogP contribution >= 0.6 is 11.6 Å². The molecule has 1 aromatic rings. The molecule has 0 heterocycles. The number of hydrogen-bond donors (Lipinski definition) is 1. The van der Waals surface area contributed by atoms with Gasteiger partial charge in [0.25, 0.3) is 0 Å². The van der Waals surface area contributed by atoms with E-state index in [1.54, 1.807) is 18.2 Å². The highest BCUT2D eigenvalue weighted by Crippen LogP contribution is 2.38. The second-order valence-electron chi connectivity index (χ2n) is 7.14. The standard InChI is InChI=1S/C16H23ClO2/c1-15(2,3)10-16(4,5)9-13(18)11-7-6-8-12(17)14(11)19/h6-8,19H,9-10H2,1-5H3. The van der Waals surface area contributed by atoms with Crippen LogP contribution in [0.5, 0.6) is 5.75 Å². The Morgan fingerprint density at radius 3 is 2.32 bits per heavy atom. The van der Waals surface area contributed by atoms with E-state index in [1.165, 1.54) is 0 Å². The highest BCUT2D eigenvalue weighted by molar-refractivity contribution is 6.32. The van der Waals surface area contributed by atoms with Crippen molar-refractivity contribution in [3.63, 3.8) is 0 Å². The van der Waals surface area contributed by atoms with Crippen LogP contribution < -0.4 is 0 Å². The summed E-state index contributed by atoms with van der Waals surface area (Å²) in [4.78, 5) is 12.3. The van der Waals surface area contributed by atoms with Crippen LogP contribution in [0, 0.1) is 10.8 Å². The van der Waals surface area contributed by atoms with Crippen LogP contribution in [0.1, 0.15) is 57.8 Å². The van der Waals surface area contributed by atoms with Crippen molar-refractivity contribution in [3.8, 4) is 5.75 Å². The molecule has 0 spiro atoms. The molecule has 1 rings (SSSR count). The molecule has 0 aliphatic rings. The lowest BCUT2D eigenvalue weighted by molar-refractivity contribution is 0.0895. The number of hydrogen-bond acceptors (Lipinski definition) is 2. The summed E-state index contributed by atoms with van der Waals surface area (Å²) in [5.41, 5.74) is 0.374. The van der Waals surface area contributed by atoms with Crippen molar-refractivity contribution < 1.29 is 9.90 Å². The third-order valence-electron chi connectivity index (χ3n) is 2.94. The van der Waals surface area contributed by atoms with Crippen molar-refractivity contribution in [2.24, 2.45) is 10.8 Å². The quantitative estimate of drug-likeness (QED) is 0.782. The van der Waals surface area contributed by atoms with E-state index in [0.29, 0.717) is 12.0 Å². The first-order valence-electron chi connectivity index (χ1n) is 6.52. The molecule has 3 heteroatoms. The topological polar surface area (TPSA) is 37.3 Å². The van der Waals surface area contributed by atoms with Gasteiger partial charge in [0.1, 0.15) is 5.75 Å². The summed E-state index contributed by atoms with van der Waals surface area (Å²) in [5, 5.41) is 10.1. The van der Waals surface area contributed by atoms with E-state index < -0.39 is 0 Å². The third-order valence-corrected chi connectivity index (χ3v) is 3.24. The van der Waals surface area contributed by atoms with E-state index in [4.69, 9.17) is 11.6 Å². The number of aromatic hydroxyl groups is 1. The van der Waals surface area contributed by atoms with Gasteiger partial charge in [0.15, 0.2) is 5.78 Å². The van der Waals surface area contributed by atoms with Crippen LogP contribution in [0.2, 0.25) is 5.02 Å². The molecule has 0 aliphatic heterocycles. The highest BCUT2D eigenvalue weighted by atomic mass is 35.5. The summed E-state index contributed by atoms with van der Waals surface area (Å²) in [6.45, 7) is 10.7. The second-order valence-corrected chi connectivity index (χ2v) is 7.54. The lowest BCUT2D eigenvalue weighted by Gasteiger charge is -2.32. The number of benzene rings is 1. The SMILES string of the molecule is CC(C)(C)CC(C)(C)CC(=O)c1cccc(Cl)c1O. The van der Waals surface area contributed by atoms with Gasteiger partial charge >= 0.3 is 0 Å². The minimum Gasteiger partial charge on any atom is -0.506 e.